The molecule has 3 aromatic rings. The molecule has 2 aliphatic rings. The van der Waals surface area contributed by atoms with Gasteiger partial charge in [-0.3, -0.25) is 9.36 Å². The minimum atomic E-state index is -0.743. The molecule has 2 bridgehead atoms. The highest BCUT2D eigenvalue weighted by atomic mass is 35.5. The molecule has 0 aliphatic carbocycles. The van der Waals surface area contributed by atoms with Crippen LogP contribution in [-0.4, -0.2) is 39.1 Å². The number of fused-ring (bicyclic) bond motifs is 2. The van der Waals surface area contributed by atoms with Gasteiger partial charge in [-0.05, 0) is 42.0 Å². The predicted octanol–water partition coefficient (Wildman–Crippen LogP) is 4.04. The molecule has 2 saturated heterocycles. The van der Waals surface area contributed by atoms with Crippen LogP contribution in [0.25, 0.3) is 11.4 Å². The Bertz CT molecular complexity index is 1110. The maximum Gasteiger partial charge on any atom is 0.218 e. The van der Waals surface area contributed by atoms with Gasteiger partial charge in [-0.2, -0.15) is 5.10 Å². The summed E-state index contributed by atoms with van der Waals surface area (Å²) >= 11 is 11.9. The number of halogens is 1. The second-order valence-electron chi connectivity index (χ2n) is 7.21. The Hall–Kier alpha value is -2.32. The van der Waals surface area contributed by atoms with Crippen LogP contribution in [0, 0.1) is 4.77 Å². The molecule has 1 aromatic heterocycles. The maximum absolute atomic E-state index is 12.3. The summed E-state index contributed by atoms with van der Waals surface area (Å²) < 4.78 is 15.4. The van der Waals surface area contributed by atoms with Gasteiger partial charge in [0.15, 0.2) is 16.4 Å². The van der Waals surface area contributed by atoms with Gasteiger partial charge in [0.05, 0.1) is 19.2 Å². The Kier molecular flexibility index (Phi) is 4.83. The molecule has 2 aliphatic heterocycles. The normalized spacial score (nSPS) is 23.5. The average Bonchev–Trinajstić information content (AvgIpc) is 3.30. The summed E-state index contributed by atoms with van der Waals surface area (Å²) in [5.41, 5.74) is 2.01. The van der Waals surface area contributed by atoms with Crippen LogP contribution in [0.1, 0.15) is 18.0 Å². The summed E-state index contributed by atoms with van der Waals surface area (Å²) in [5, 5.41) is 5.48. The van der Waals surface area contributed by atoms with Gasteiger partial charge in [-0.1, -0.05) is 41.9 Å². The van der Waals surface area contributed by atoms with Crippen LogP contribution in [0.4, 0.5) is 0 Å². The van der Waals surface area contributed by atoms with E-state index in [1.54, 1.807) is 4.68 Å². The quantitative estimate of drug-likeness (QED) is 0.588. The van der Waals surface area contributed by atoms with E-state index in [4.69, 9.17) is 38.4 Å². The van der Waals surface area contributed by atoms with Crippen molar-refractivity contribution in [3.05, 3.63) is 70.0 Å². The van der Waals surface area contributed by atoms with Gasteiger partial charge in [-0.25, -0.2) is 4.68 Å². The van der Waals surface area contributed by atoms with E-state index in [0.717, 1.165) is 17.0 Å². The molecular formula is C21H18ClN3O3S. The van der Waals surface area contributed by atoms with E-state index in [-0.39, 0.29) is 17.9 Å². The van der Waals surface area contributed by atoms with Crippen LogP contribution < -0.4 is 0 Å². The van der Waals surface area contributed by atoms with Crippen LogP contribution in [-0.2, 0) is 20.8 Å². The molecule has 2 fully saturated rings. The molecule has 0 amide bonds. The first-order chi connectivity index (χ1) is 14.1. The number of carbonyl (C=O) groups excluding carboxylic acids is 1. The lowest BCUT2D eigenvalue weighted by atomic mass is 10.0. The first-order valence-electron chi connectivity index (χ1n) is 9.39. The van der Waals surface area contributed by atoms with Crippen LogP contribution in [0.15, 0.2) is 54.6 Å². The molecular weight excluding hydrogens is 410 g/mol. The molecule has 0 radical (unpaired) electrons. The van der Waals surface area contributed by atoms with E-state index in [9.17, 15) is 4.79 Å². The van der Waals surface area contributed by atoms with Crippen molar-refractivity contribution in [1.29, 1.82) is 0 Å². The van der Waals surface area contributed by atoms with Crippen molar-refractivity contribution in [3.8, 4) is 11.4 Å². The van der Waals surface area contributed by atoms with Crippen molar-refractivity contribution >= 4 is 29.6 Å². The lowest BCUT2D eigenvalue weighted by Crippen LogP contribution is -2.37. The lowest BCUT2D eigenvalue weighted by Gasteiger charge is -2.26. The number of ether oxygens (including phenoxy) is 2. The fraction of sp³-hybridized carbons (Fsp3) is 0.286. The van der Waals surface area contributed by atoms with Crippen molar-refractivity contribution < 1.29 is 14.3 Å². The van der Waals surface area contributed by atoms with Gasteiger partial charge in [0, 0.05) is 17.0 Å². The molecule has 0 saturated carbocycles. The molecule has 0 N–H and O–H groups in total. The fourth-order valence-electron chi connectivity index (χ4n) is 3.82. The zero-order valence-corrected chi connectivity index (χ0v) is 17.0. The van der Waals surface area contributed by atoms with Crippen LogP contribution in [0.3, 0.4) is 0 Å². The van der Waals surface area contributed by atoms with Crippen molar-refractivity contribution in [2.75, 3.05) is 6.61 Å². The number of rotatable bonds is 4. The Morgan fingerprint density at radius 2 is 1.90 bits per heavy atom. The Morgan fingerprint density at radius 1 is 1.14 bits per heavy atom. The van der Waals surface area contributed by atoms with Gasteiger partial charge in [0.2, 0.25) is 6.29 Å². The Morgan fingerprint density at radius 3 is 2.66 bits per heavy atom. The summed E-state index contributed by atoms with van der Waals surface area (Å²) in [6, 6.07) is 17.3. The van der Waals surface area contributed by atoms with Crippen LogP contribution >= 0.6 is 23.8 Å². The topological polar surface area (TPSA) is 58.3 Å². The highest BCUT2D eigenvalue weighted by Gasteiger charge is 2.45. The van der Waals surface area contributed by atoms with Gasteiger partial charge >= 0.3 is 0 Å². The first-order valence-corrected chi connectivity index (χ1v) is 10.2. The van der Waals surface area contributed by atoms with Crippen molar-refractivity contribution in [2.45, 2.75) is 31.4 Å². The molecule has 148 valence electrons. The molecule has 0 spiro atoms. The average molecular weight is 428 g/mol. The third-order valence-corrected chi connectivity index (χ3v) is 5.96. The minimum Gasteiger partial charge on any atom is -0.343 e. The van der Waals surface area contributed by atoms with Crippen LogP contribution in [0.5, 0.6) is 0 Å². The van der Waals surface area contributed by atoms with Gasteiger partial charge in [-0.15, -0.1) is 0 Å². The summed E-state index contributed by atoms with van der Waals surface area (Å²) in [4.78, 5) is 12.3. The minimum absolute atomic E-state index is 0.0729. The fourth-order valence-corrected chi connectivity index (χ4v) is 4.27. The monoisotopic (exact) mass is 427 g/mol. The standard InChI is InChI=1S/C21H18ClN3O3S/c22-15-8-6-14(7-9-15)19-23-25(16-10-17(26)20-27-12-18(16)28-20)21(29)24(19)11-13-4-2-1-3-5-13/h1-9,16,18,20H,10-12H2/t16-,18+,20-/m0/s1. The maximum atomic E-state index is 12.3. The molecule has 29 heavy (non-hydrogen) atoms. The summed E-state index contributed by atoms with van der Waals surface area (Å²) in [6.07, 6.45) is -0.679. The molecule has 6 nitrogen and oxygen atoms in total. The number of hydrogen-bond donors (Lipinski definition) is 0. The number of benzene rings is 2. The molecule has 3 heterocycles. The first kappa shape index (κ1) is 18.7. The molecule has 2 aromatic carbocycles. The summed E-state index contributed by atoms with van der Waals surface area (Å²) in [6.45, 7) is 0.938. The summed E-state index contributed by atoms with van der Waals surface area (Å²) in [5.74, 6) is 0.653. The largest absolute Gasteiger partial charge is 0.343 e. The number of Topliss-reactive ketones (excluding diaryl/α,β-unsaturated/α-hetero) is 1. The van der Waals surface area contributed by atoms with E-state index < -0.39 is 6.29 Å². The van der Waals surface area contributed by atoms with E-state index in [2.05, 4.69) is 0 Å². The molecule has 0 unspecified atom stereocenters. The molecule has 5 rings (SSSR count). The van der Waals surface area contributed by atoms with Crippen molar-refractivity contribution in [3.63, 3.8) is 0 Å². The third kappa shape index (κ3) is 3.44. The van der Waals surface area contributed by atoms with E-state index >= 15 is 0 Å². The van der Waals surface area contributed by atoms with E-state index in [1.807, 2.05) is 59.2 Å². The SMILES string of the molecule is O=C1C[C@H](n2nc(-c3ccc(Cl)cc3)n(Cc3ccccc3)c2=S)[C@H]2CO[C@H]1O2. The Labute approximate surface area is 177 Å². The lowest BCUT2D eigenvalue weighted by molar-refractivity contribution is -0.156. The second kappa shape index (κ2) is 7.50. The highest BCUT2D eigenvalue weighted by Crippen LogP contribution is 2.34. The number of carbonyl (C=O) groups is 1. The predicted molar refractivity (Wildman–Crippen MR) is 110 cm³/mol. The highest BCUT2D eigenvalue weighted by molar-refractivity contribution is 7.71. The van der Waals surface area contributed by atoms with Crippen molar-refractivity contribution in [1.82, 2.24) is 14.3 Å². The van der Waals surface area contributed by atoms with Gasteiger partial charge in [0.1, 0.15) is 6.10 Å². The summed E-state index contributed by atoms with van der Waals surface area (Å²) in [7, 11) is 0. The number of ketones is 1. The van der Waals surface area contributed by atoms with E-state index in [1.165, 1.54) is 0 Å². The number of nitrogens with zero attached hydrogens (tertiary/aromatic N) is 3. The Balaban J connectivity index is 1.61. The zero-order valence-electron chi connectivity index (χ0n) is 15.4. The van der Waals surface area contributed by atoms with Gasteiger partial charge in [0.25, 0.3) is 0 Å². The zero-order chi connectivity index (χ0) is 20.0. The number of hydrogen-bond acceptors (Lipinski definition) is 5. The smallest absolute Gasteiger partial charge is 0.218 e. The third-order valence-electron chi connectivity index (χ3n) is 5.30. The van der Waals surface area contributed by atoms with Crippen LogP contribution in [0.2, 0.25) is 5.02 Å². The van der Waals surface area contributed by atoms with Gasteiger partial charge < -0.3 is 9.47 Å². The van der Waals surface area contributed by atoms with E-state index in [0.29, 0.717) is 29.4 Å². The number of aromatic nitrogens is 3. The molecule has 3 atom stereocenters. The van der Waals surface area contributed by atoms with Crippen molar-refractivity contribution in [2.24, 2.45) is 0 Å². The molecule has 8 heteroatoms. The second-order valence-corrected chi connectivity index (χ2v) is 8.01.